The van der Waals surface area contributed by atoms with E-state index < -0.39 is 0 Å². The zero-order valence-corrected chi connectivity index (χ0v) is 13.0. The van der Waals surface area contributed by atoms with E-state index in [0.29, 0.717) is 31.8 Å². The lowest BCUT2D eigenvalue weighted by atomic mass is 10.1. The van der Waals surface area contributed by atoms with E-state index in [-0.39, 0.29) is 17.9 Å². The lowest BCUT2D eigenvalue weighted by Crippen LogP contribution is -2.46. The van der Waals surface area contributed by atoms with E-state index in [1.165, 1.54) is 0 Å². The van der Waals surface area contributed by atoms with Crippen molar-refractivity contribution in [3.05, 3.63) is 18.0 Å². The maximum Gasteiger partial charge on any atom is 0.232 e. The van der Waals surface area contributed by atoms with Crippen LogP contribution in [0.15, 0.2) is 12.3 Å². The monoisotopic (exact) mass is 308 g/mol. The van der Waals surface area contributed by atoms with Gasteiger partial charge in [0.25, 0.3) is 0 Å². The Morgan fingerprint density at radius 1 is 1.52 bits per heavy atom. The highest BCUT2D eigenvalue weighted by molar-refractivity contribution is 7.99. The topological polar surface area (TPSA) is 58.4 Å². The summed E-state index contributed by atoms with van der Waals surface area (Å²) in [6.45, 7) is 2.73. The van der Waals surface area contributed by atoms with Crippen LogP contribution in [0.2, 0.25) is 0 Å². The minimum absolute atomic E-state index is 0.0663. The SMILES string of the molecule is CSCC(=O)N1Cc2ccnn2[C@@H](CN2CCCC2=O)C1. The number of aromatic nitrogens is 2. The smallest absolute Gasteiger partial charge is 0.232 e. The molecular weight excluding hydrogens is 288 g/mol. The third-order valence-corrected chi connectivity index (χ3v) is 4.64. The number of fused-ring (bicyclic) bond motifs is 1. The highest BCUT2D eigenvalue weighted by Crippen LogP contribution is 2.23. The Labute approximate surface area is 128 Å². The molecule has 0 spiro atoms. The second-order valence-electron chi connectivity index (χ2n) is 5.57. The lowest BCUT2D eigenvalue weighted by molar-refractivity contribution is -0.131. The summed E-state index contributed by atoms with van der Waals surface area (Å²) in [5, 5.41) is 4.38. The summed E-state index contributed by atoms with van der Waals surface area (Å²) >= 11 is 1.54. The first-order valence-corrected chi connectivity index (χ1v) is 8.65. The summed E-state index contributed by atoms with van der Waals surface area (Å²) in [5.74, 6) is 0.882. The number of likely N-dealkylation sites (tertiary alicyclic amines) is 1. The van der Waals surface area contributed by atoms with Crippen LogP contribution in [0.5, 0.6) is 0 Å². The van der Waals surface area contributed by atoms with Gasteiger partial charge in [0.2, 0.25) is 11.8 Å². The molecule has 2 amide bonds. The molecule has 21 heavy (non-hydrogen) atoms. The van der Waals surface area contributed by atoms with Gasteiger partial charge in [0.15, 0.2) is 0 Å². The number of carbonyl (C=O) groups excluding carboxylic acids is 2. The molecule has 0 bridgehead atoms. The van der Waals surface area contributed by atoms with Crippen molar-refractivity contribution in [1.82, 2.24) is 19.6 Å². The third kappa shape index (κ3) is 2.92. The molecule has 1 aromatic heterocycles. The number of hydrogen-bond donors (Lipinski definition) is 0. The second-order valence-corrected chi connectivity index (χ2v) is 6.44. The van der Waals surface area contributed by atoms with E-state index in [1.807, 2.05) is 26.8 Å². The van der Waals surface area contributed by atoms with Crippen LogP contribution >= 0.6 is 11.8 Å². The highest BCUT2D eigenvalue weighted by Gasteiger charge is 2.31. The molecule has 0 aromatic carbocycles. The Hall–Kier alpha value is -1.50. The van der Waals surface area contributed by atoms with Gasteiger partial charge in [-0.2, -0.15) is 16.9 Å². The van der Waals surface area contributed by atoms with Crippen LogP contribution < -0.4 is 0 Å². The van der Waals surface area contributed by atoms with E-state index in [2.05, 4.69) is 5.10 Å². The van der Waals surface area contributed by atoms with E-state index in [9.17, 15) is 9.59 Å². The normalized spacial score (nSPS) is 21.8. The zero-order valence-electron chi connectivity index (χ0n) is 12.2. The largest absolute Gasteiger partial charge is 0.340 e. The summed E-state index contributed by atoms with van der Waals surface area (Å²) in [6.07, 6.45) is 5.30. The van der Waals surface area contributed by atoms with Crippen molar-refractivity contribution in [2.45, 2.75) is 25.4 Å². The number of thioether (sulfide) groups is 1. The zero-order chi connectivity index (χ0) is 14.8. The minimum atomic E-state index is 0.0663. The van der Waals surface area contributed by atoms with Crippen LogP contribution in [-0.4, -0.2) is 63.0 Å². The molecule has 0 saturated carbocycles. The summed E-state index contributed by atoms with van der Waals surface area (Å²) in [6, 6.07) is 2.02. The standard InChI is InChI=1S/C14H20N4O2S/c1-21-10-14(20)17-7-11-4-5-15-18(11)12(9-17)8-16-6-2-3-13(16)19/h4-5,12H,2-3,6-10H2,1H3/t12-/m0/s1. The van der Waals surface area contributed by atoms with Crippen molar-refractivity contribution >= 4 is 23.6 Å². The van der Waals surface area contributed by atoms with Crippen LogP contribution in [0.25, 0.3) is 0 Å². The predicted molar refractivity (Wildman–Crippen MR) is 80.9 cm³/mol. The molecule has 0 unspecified atom stereocenters. The molecular formula is C14H20N4O2S. The van der Waals surface area contributed by atoms with Crippen molar-refractivity contribution < 1.29 is 9.59 Å². The van der Waals surface area contributed by atoms with E-state index in [0.717, 1.165) is 18.7 Å². The van der Waals surface area contributed by atoms with Gasteiger partial charge in [-0.15, -0.1) is 0 Å². The Morgan fingerprint density at radius 2 is 2.38 bits per heavy atom. The maximum atomic E-state index is 12.2. The minimum Gasteiger partial charge on any atom is -0.340 e. The third-order valence-electron chi connectivity index (χ3n) is 4.11. The van der Waals surface area contributed by atoms with Gasteiger partial charge >= 0.3 is 0 Å². The maximum absolute atomic E-state index is 12.2. The highest BCUT2D eigenvalue weighted by atomic mass is 32.2. The van der Waals surface area contributed by atoms with E-state index in [4.69, 9.17) is 0 Å². The number of nitrogens with zero attached hydrogens (tertiary/aromatic N) is 4. The van der Waals surface area contributed by atoms with Gasteiger partial charge in [0, 0.05) is 32.3 Å². The Morgan fingerprint density at radius 3 is 3.10 bits per heavy atom. The van der Waals surface area contributed by atoms with Crippen LogP contribution in [-0.2, 0) is 16.1 Å². The molecule has 2 aliphatic rings. The summed E-state index contributed by atoms with van der Waals surface area (Å²) < 4.78 is 1.98. The van der Waals surface area contributed by atoms with Gasteiger partial charge in [-0.05, 0) is 18.7 Å². The number of rotatable bonds is 4. The van der Waals surface area contributed by atoms with Crippen molar-refractivity contribution in [2.24, 2.45) is 0 Å². The van der Waals surface area contributed by atoms with Gasteiger partial charge in [0.1, 0.15) is 0 Å². The van der Waals surface area contributed by atoms with E-state index in [1.54, 1.807) is 18.0 Å². The molecule has 7 heteroatoms. The molecule has 2 aliphatic heterocycles. The van der Waals surface area contributed by atoms with Gasteiger partial charge in [-0.1, -0.05) is 0 Å². The fraction of sp³-hybridized carbons (Fsp3) is 0.643. The molecule has 0 aliphatic carbocycles. The fourth-order valence-electron chi connectivity index (χ4n) is 3.08. The van der Waals surface area contributed by atoms with Crippen LogP contribution in [0.4, 0.5) is 0 Å². The van der Waals surface area contributed by atoms with Gasteiger partial charge in [-0.3, -0.25) is 14.3 Å². The van der Waals surface area contributed by atoms with Crippen LogP contribution in [0, 0.1) is 0 Å². The molecule has 1 aromatic rings. The first-order chi connectivity index (χ1) is 10.2. The average molecular weight is 308 g/mol. The molecule has 0 N–H and O–H groups in total. The van der Waals surface area contributed by atoms with Gasteiger partial charge < -0.3 is 9.80 Å². The molecule has 1 atom stereocenters. The first-order valence-electron chi connectivity index (χ1n) is 7.26. The van der Waals surface area contributed by atoms with Crippen LogP contribution in [0.1, 0.15) is 24.6 Å². The van der Waals surface area contributed by atoms with Gasteiger partial charge in [-0.25, -0.2) is 0 Å². The summed E-state index contributed by atoms with van der Waals surface area (Å²) in [5.41, 5.74) is 1.05. The Balaban J connectivity index is 1.76. The van der Waals surface area contributed by atoms with Crippen LogP contribution in [0.3, 0.4) is 0 Å². The molecule has 3 rings (SSSR count). The van der Waals surface area contributed by atoms with E-state index >= 15 is 0 Å². The van der Waals surface area contributed by atoms with Crippen molar-refractivity contribution in [2.75, 3.05) is 31.6 Å². The lowest BCUT2D eigenvalue weighted by Gasteiger charge is -2.35. The predicted octanol–water partition coefficient (Wildman–Crippen LogP) is 0.752. The molecule has 0 radical (unpaired) electrons. The molecule has 114 valence electrons. The van der Waals surface area contributed by atoms with Gasteiger partial charge in [0.05, 0.1) is 24.0 Å². The molecule has 6 nitrogen and oxygen atoms in total. The Bertz CT molecular complexity index is 545. The quantitative estimate of drug-likeness (QED) is 0.824. The molecule has 1 saturated heterocycles. The number of hydrogen-bond acceptors (Lipinski definition) is 4. The Kier molecular flexibility index (Phi) is 4.19. The first kappa shape index (κ1) is 14.4. The molecule has 3 heterocycles. The second kappa shape index (κ2) is 6.09. The fourth-order valence-corrected chi connectivity index (χ4v) is 3.51. The van der Waals surface area contributed by atoms with Crippen molar-refractivity contribution in [1.29, 1.82) is 0 Å². The van der Waals surface area contributed by atoms with Crippen molar-refractivity contribution in [3.8, 4) is 0 Å². The molecule has 1 fully saturated rings. The summed E-state index contributed by atoms with van der Waals surface area (Å²) in [4.78, 5) is 27.8. The number of carbonyl (C=O) groups is 2. The average Bonchev–Trinajstić information content (AvgIpc) is 3.08. The summed E-state index contributed by atoms with van der Waals surface area (Å²) in [7, 11) is 0. The number of amides is 2. The van der Waals surface area contributed by atoms with Crippen molar-refractivity contribution in [3.63, 3.8) is 0 Å².